The molecule has 1 fully saturated rings. The van der Waals surface area contributed by atoms with Crippen molar-refractivity contribution in [2.24, 2.45) is 0 Å². The summed E-state index contributed by atoms with van der Waals surface area (Å²) in [7, 11) is 0. The van der Waals surface area contributed by atoms with E-state index in [0.29, 0.717) is 5.56 Å². The molecule has 0 radical (unpaired) electrons. The molecule has 1 amide bonds. The SMILES string of the molecule is C[C@]1(F)C(OC(=O)c2ccccc2)[C@@H](COC(=O)c2ccccc2)O[C@H]1n1ccc(NC(=O)c2ccccc2)nc1=O. The Bertz CT molecular complexity index is 1630. The normalized spacial score (nSPS) is 21.3. The van der Waals surface area contributed by atoms with Crippen molar-refractivity contribution in [2.75, 3.05) is 11.9 Å². The summed E-state index contributed by atoms with van der Waals surface area (Å²) in [5.41, 5.74) is -2.59. The van der Waals surface area contributed by atoms with E-state index < -0.39 is 54.2 Å². The summed E-state index contributed by atoms with van der Waals surface area (Å²) >= 11 is 0. The average Bonchev–Trinajstić information content (AvgIpc) is 3.25. The molecule has 1 aliphatic rings. The molecule has 4 aromatic rings. The lowest BCUT2D eigenvalue weighted by Crippen LogP contribution is -2.45. The molecule has 214 valence electrons. The number of rotatable bonds is 8. The molecule has 1 N–H and O–H groups in total. The van der Waals surface area contributed by atoms with Crippen molar-refractivity contribution in [1.29, 1.82) is 0 Å². The van der Waals surface area contributed by atoms with E-state index in [4.69, 9.17) is 14.2 Å². The maximum Gasteiger partial charge on any atom is 0.351 e. The predicted octanol–water partition coefficient (Wildman–Crippen LogP) is 4.20. The highest BCUT2D eigenvalue weighted by Gasteiger charge is 2.58. The van der Waals surface area contributed by atoms with Crippen molar-refractivity contribution >= 4 is 23.7 Å². The monoisotopic (exact) mass is 571 g/mol. The Labute approximate surface area is 239 Å². The number of alkyl halides is 1. The molecule has 1 aromatic heterocycles. The number of carbonyl (C=O) groups is 3. The van der Waals surface area contributed by atoms with Gasteiger partial charge in [-0.05, 0) is 49.4 Å². The van der Waals surface area contributed by atoms with Crippen LogP contribution in [0.2, 0.25) is 0 Å². The minimum Gasteiger partial charge on any atom is -0.459 e. The van der Waals surface area contributed by atoms with E-state index in [1.807, 2.05) is 0 Å². The fraction of sp³-hybridized carbons (Fsp3) is 0.194. The van der Waals surface area contributed by atoms with Crippen LogP contribution >= 0.6 is 0 Å². The molecule has 10 nitrogen and oxygen atoms in total. The first-order valence-electron chi connectivity index (χ1n) is 13.0. The van der Waals surface area contributed by atoms with E-state index in [2.05, 4.69) is 10.3 Å². The van der Waals surface area contributed by atoms with E-state index in [0.717, 1.165) is 11.5 Å². The summed E-state index contributed by atoms with van der Waals surface area (Å²) in [6.45, 7) is 0.654. The number of hydrogen-bond acceptors (Lipinski definition) is 8. The first-order valence-corrected chi connectivity index (χ1v) is 13.0. The molecule has 3 aromatic carbocycles. The topological polar surface area (TPSA) is 126 Å². The summed E-state index contributed by atoms with van der Waals surface area (Å²) in [4.78, 5) is 54.8. The second kappa shape index (κ2) is 12.1. The largest absolute Gasteiger partial charge is 0.459 e. The first-order chi connectivity index (χ1) is 20.2. The van der Waals surface area contributed by atoms with Crippen LogP contribution in [-0.2, 0) is 14.2 Å². The molecule has 1 aliphatic heterocycles. The third-order valence-corrected chi connectivity index (χ3v) is 6.67. The number of benzene rings is 3. The van der Waals surface area contributed by atoms with Gasteiger partial charge in [-0.1, -0.05) is 54.6 Å². The number of ether oxygens (including phenoxy) is 3. The summed E-state index contributed by atoms with van der Waals surface area (Å²) < 4.78 is 34.2. The van der Waals surface area contributed by atoms with Gasteiger partial charge in [0.1, 0.15) is 18.5 Å². The van der Waals surface area contributed by atoms with Gasteiger partial charge in [0.2, 0.25) is 0 Å². The Balaban J connectivity index is 1.39. The van der Waals surface area contributed by atoms with Crippen molar-refractivity contribution in [3.05, 3.63) is 130 Å². The van der Waals surface area contributed by atoms with Crippen molar-refractivity contribution in [1.82, 2.24) is 9.55 Å². The number of carbonyl (C=O) groups excluding carboxylic acids is 3. The molecule has 0 bridgehead atoms. The lowest BCUT2D eigenvalue weighted by molar-refractivity contribution is -0.0648. The van der Waals surface area contributed by atoms with Crippen LogP contribution in [0.25, 0.3) is 0 Å². The van der Waals surface area contributed by atoms with Gasteiger partial charge in [-0.3, -0.25) is 9.36 Å². The van der Waals surface area contributed by atoms with Crippen LogP contribution in [-0.4, -0.2) is 51.9 Å². The van der Waals surface area contributed by atoms with Crippen molar-refractivity contribution in [3.8, 4) is 0 Å². The molecule has 0 aliphatic carbocycles. The molecular weight excluding hydrogens is 545 g/mol. The van der Waals surface area contributed by atoms with Crippen LogP contribution in [0.3, 0.4) is 0 Å². The molecular formula is C31H26FN3O7. The zero-order valence-electron chi connectivity index (χ0n) is 22.4. The lowest BCUT2D eigenvalue weighted by Gasteiger charge is -2.27. The van der Waals surface area contributed by atoms with Gasteiger partial charge in [0.15, 0.2) is 18.0 Å². The fourth-order valence-electron chi connectivity index (χ4n) is 4.54. The van der Waals surface area contributed by atoms with Gasteiger partial charge in [-0.15, -0.1) is 0 Å². The molecule has 2 heterocycles. The Morgan fingerprint density at radius 3 is 2.00 bits per heavy atom. The van der Waals surface area contributed by atoms with Gasteiger partial charge in [0.25, 0.3) is 5.91 Å². The Morgan fingerprint density at radius 2 is 1.43 bits per heavy atom. The van der Waals surface area contributed by atoms with Gasteiger partial charge in [0, 0.05) is 11.8 Å². The number of anilines is 1. The maximum absolute atomic E-state index is 16.5. The number of nitrogens with one attached hydrogen (secondary N) is 1. The molecule has 5 rings (SSSR count). The van der Waals surface area contributed by atoms with Crippen LogP contribution in [0.15, 0.2) is 108 Å². The van der Waals surface area contributed by atoms with Gasteiger partial charge in [-0.2, -0.15) is 4.98 Å². The van der Waals surface area contributed by atoms with Gasteiger partial charge in [-0.25, -0.2) is 18.8 Å². The molecule has 0 saturated carbocycles. The van der Waals surface area contributed by atoms with Crippen LogP contribution in [0.4, 0.5) is 10.2 Å². The third-order valence-electron chi connectivity index (χ3n) is 6.67. The van der Waals surface area contributed by atoms with E-state index in [1.165, 1.54) is 24.4 Å². The number of aromatic nitrogens is 2. The molecule has 0 spiro atoms. The number of halogens is 1. The van der Waals surface area contributed by atoms with E-state index in [-0.39, 0.29) is 16.9 Å². The predicted molar refractivity (Wildman–Crippen MR) is 149 cm³/mol. The zero-order valence-corrected chi connectivity index (χ0v) is 22.4. The third kappa shape index (κ3) is 6.11. The number of amides is 1. The summed E-state index contributed by atoms with van der Waals surface area (Å²) in [6, 6.07) is 25.8. The highest BCUT2D eigenvalue weighted by Crippen LogP contribution is 2.43. The highest BCUT2D eigenvalue weighted by atomic mass is 19.1. The van der Waals surface area contributed by atoms with E-state index in [1.54, 1.807) is 78.9 Å². The van der Waals surface area contributed by atoms with E-state index in [9.17, 15) is 19.2 Å². The first kappa shape index (κ1) is 28.4. The summed E-state index contributed by atoms with van der Waals surface area (Å²) in [5.74, 6) is -2.05. The Hall–Kier alpha value is -5.16. The van der Waals surface area contributed by atoms with Gasteiger partial charge in [0.05, 0.1) is 11.1 Å². The van der Waals surface area contributed by atoms with Crippen molar-refractivity contribution < 1.29 is 33.0 Å². The molecule has 11 heteroatoms. The second-order valence-electron chi connectivity index (χ2n) is 9.66. The van der Waals surface area contributed by atoms with Crippen molar-refractivity contribution in [3.63, 3.8) is 0 Å². The standard InChI is InChI=1S/C31H26FN3O7/c1-31(32)25(42-28(38)22-15-9-4-10-16-22)23(19-40-27(37)21-13-7-3-8-14-21)41-29(31)35-18-17-24(34-30(35)39)33-26(36)20-11-5-2-6-12-20/h2-18,23,25,29H,19H2,1H3,(H,33,34,36,39)/t23-,25?,29-,31+/m1/s1. The molecule has 1 unspecified atom stereocenters. The summed E-state index contributed by atoms with van der Waals surface area (Å²) in [6.07, 6.45) is -3.23. The fourth-order valence-corrected chi connectivity index (χ4v) is 4.54. The van der Waals surface area contributed by atoms with Gasteiger partial charge < -0.3 is 19.5 Å². The van der Waals surface area contributed by atoms with Crippen LogP contribution in [0, 0.1) is 0 Å². The number of hydrogen-bond donors (Lipinski definition) is 1. The lowest BCUT2D eigenvalue weighted by atomic mass is 9.98. The van der Waals surface area contributed by atoms with Crippen LogP contribution in [0.5, 0.6) is 0 Å². The molecule has 42 heavy (non-hydrogen) atoms. The molecule has 1 saturated heterocycles. The van der Waals surface area contributed by atoms with Crippen LogP contribution < -0.4 is 11.0 Å². The average molecular weight is 572 g/mol. The maximum atomic E-state index is 16.5. The molecule has 4 atom stereocenters. The van der Waals surface area contributed by atoms with Crippen molar-refractivity contribution in [2.45, 2.75) is 31.0 Å². The highest BCUT2D eigenvalue weighted by molar-refractivity contribution is 6.03. The Kier molecular flexibility index (Phi) is 8.21. The quantitative estimate of drug-likeness (QED) is 0.312. The van der Waals surface area contributed by atoms with Crippen LogP contribution in [0.1, 0.15) is 44.2 Å². The minimum absolute atomic E-state index is 0.0518. The van der Waals surface area contributed by atoms with E-state index >= 15 is 4.39 Å². The Morgan fingerprint density at radius 1 is 0.881 bits per heavy atom. The minimum atomic E-state index is -2.46. The zero-order chi connectivity index (χ0) is 29.7. The number of esters is 2. The second-order valence-corrected chi connectivity index (χ2v) is 9.66. The number of nitrogens with zero attached hydrogens (tertiary/aromatic N) is 2. The smallest absolute Gasteiger partial charge is 0.351 e. The van der Waals surface area contributed by atoms with Gasteiger partial charge >= 0.3 is 17.6 Å². The summed E-state index contributed by atoms with van der Waals surface area (Å²) in [5, 5.41) is 2.52.